The molecule has 2 unspecified atom stereocenters. The smallest absolute Gasteiger partial charge is 0.224 e. The SMILES string of the molecule is CCOc1cc2ncnc(Nc3ccc(OCC4NCC5(CCCCCCCCC5)CC4O)cc3Cl)c2cc1NC(=O)CCCN(C)C. The third-order valence-corrected chi connectivity index (χ3v) is 10.0. The first-order valence-electron chi connectivity index (χ1n) is 17.7. The fourth-order valence-electron chi connectivity index (χ4n) is 7.03. The van der Waals surface area contributed by atoms with Crippen molar-refractivity contribution >= 4 is 45.6 Å². The average molecular weight is 681 g/mol. The van der Waals surface area contributed by atoms with Crippen molar-refractivity contribution < 1.29 is 19.4 Å². The van der Waals surface area contributed by atoms with Crippen molar-refractivity contribution in [2.75, 3.05) is 51.0 Å². The van der Waals surface area contributed by atoms with E-state index >= 15 is 0 Å². The number of halogens is 1. The van der Waals surface area contributed by atoms with Crippen LogP contribution in [0.25, 0.3) is 10.9 Å². The number of piperidine rings is 1. The van der Waals surface area contributed by atoms with Crippen molar-refractivity contribution in [2.24, 2.45) is 5.41 Å². The zero-order valence-corrected chi connectivity index (χ0v) is 29.6. The number of aliphatic hydroxyl groups excluding tert-OH is 1. The summed E-state index contributed by atoms with van der Waals surface area (Å²) in [6.07, 6.45) is 14.5. The number of aliphatic hydroxyl groups is 1. The van der Waals surface area contributed by atoms with Gasteiger partial charge in [0.05, 0.1) is 40.7 Å². The van der Waals surface area contributed by atoms with Crippen LogP contribution in [0.4, 0.5) is 17.2 Å². The number of benzene rings is 2. The second kappa shape index (κ2) is 17.5. The molecule has 0 bridgehead atoms. The van der Waals surface area contributed by atoms with Gasteiger partial charge in [-0.25, -0.2) is 9.97 Å². The monoisotopic (exact) mass is 680 g/mol. The summed E-state index contributed by atoms with van der Waals surface area (Å²) in [5.41, 5.74) is 2.08. The molecule has 262 valence electrons. The Morgan fingerprint density at radius 2 is 1.79 bits per heavy atom. The molecule has 1 saturated carbocycles. The summed E-state index contributed by atoms with van der Waals surface area (Å²) in [5.74, 6) is 1.65. The Bertz CT molecular complexity index is 1490. The van der Waals surface area contributed by atoms with E-state index in [0.717, 1.165) is 25.9 Å². The van der Waals surface area contributed by atoms with Gasteiger partial charge in [0.15, 0.2) is 0 Å². The summed E-state index contributed by atoms with van der Waals surface area (Å²) in [4.78, 5) is 23.7. The largest absolute Gasteiger partial charge is 0.492 e. The highest BCUT2D eigenvalue weighted by atomic mass is 35.5. The average Bonchev–Trinajstić information content (AvgIpc) is 3.05. The van der Waals surface area contributed by atoms with Crippen LogP contribution in [0.3, 0.4) is 0 Å². The van der Waals surface area contributed by atoms with E-state index in [1.54, 1.807) is 6.07 Å². The molecule has 1 aliphatic heterocycles. The summed E-state index contributed by atoms with van der Waals surface area (Å²) in [6, 6.07) is 9.02. The van der Waals surface area contributed by atoms with Gasteiger partial charge < -0.3 is 35.4 Å². The Hall–Kier alpha value is -3.18. The normalized spacial score (nSPS) is 20.0. The molecule has 48 heavy (non-hydrogen) atoms. The quantitative estimate of drug-likeness (QED) is 0.156. The van der Waals surface area contributed by atoms with Gasteiger partial charge in [-0.15, -0.1) is 0 Å². The molecule has 2 aliphatic rings. The molecule has 2 aromatic carbocycles. The minimum atomic E-state index is -0.444. The van der Waals surface area contributed by atoms with Crippen LogP contribution in [-0.4, -0.2) is 78.4 Å². The van der Waals surface area contributed by atoms with Crippen LogP contribution in [0.15, 0.2) is 36.7 Å². The third kappa shape index (κ3) is 9.94. The maximum atomic E-state index is 12.7. The number of carbonyl (C=O) groups excluding carboxylic acids is 1. The first-order chi connectivity index (χ1) is 23.2. The number of hydrogen-bond acceptors (Lipinski definition) is 9. The van der Waals surface area contributed by atoms with Crippen LogP contribution in [-0.2, 0) is 4.79 Å². The van der Waals surface area contributed by atoms with E-state index in [4.69, 9.17) is 21.1 Å². The van der Waals surface area contributed by atoms with Crippen molar-refractivity contribution in [3.05, 3.63) is 41.7 Å². The number of amides is 1. The maximum absolute atomic E-state index is 12.7. The number of nitrogens with one attached hydrogen (secondary N) is 3. The van der Waals surface area contributed by atoms with Crippen LogP contribution in [0.5, 0.6) is 11.5 Å². The molecular weight excluding hydrogens is 628 g/mol. The zero-order valence-electron chi connectivity index (χ0n) is 28.8. The van der Waals surface area contributed by atoms with Gasteiger partial charge >= 0.3 is 0 Å². The van der Waals surface area contributed by atoms with Crippen molar-refractivity contribution in [1.29, 1.82) is 0 Å². The summed E-state index contributed by atoms with van der Waals surface area (Å²) < 4.78 is 12.0. The topological polar surface area (TPSA) is 121 Å². The van der Waals surface area contributed by atoms with E-state index in [1.165, 1.54) is 64.1 Å². The van der Waals surface area contributed by atoms with Crippen LogP contribution >= 0.6 is 11.6 Å². The van der Waals surface area contributed by atoms with E-state index < -0.39 is 6.10 Å². The van der Waals surface area contributed by atoms with Crippen molar-refractivity contribution in [1.82, 2.24) is 20.2 Å². The molecule has 0 radical (unpaired) electrons. The lowest BCUT2D eigenvalue weighted by Gasteiger charge is -2.44. The van der Waals surface area contributed by atoms with Crippen LogP contribution in [0.2, 0.25) is 5.02 Å². The Labute approximate surface area is 290 Å². The summed E-state index contributed by atoms with van der Waals surface area (Å²) >= 11 is 6.74. The molecule has 10 nitrogen and oxygen atoms in total. The molecule has 5 rings (SSSR count). The molecule has 2 atom stereocenters. The Balaban J connectivity index is 1.22. The van der Waals surface area contributed by atoms with E-state index in [9.17, 15) is 9.90 Å². The molecule has 1 spiro atoms. The number of aromatic nitrogens is 2. The number of anilines is 3. The molecule has 2 fully saturated rings. The number of fused-ring (bicyclic) bond motifs is 1. The number of hydrogen-bond donors (Lipinski definition) is 4. The van der Waals surface area contributed by atoms with Crippen LogP contribution < -0.4 is 25.4 Å². The number of carbonyl (C=O) groups is 1. The van der Waals surface area contributed by atoms with Crippen LogP contribution in [0, 0.1) is 5.41 Å². The van der Waals surface area contributed by atoms with Gasteiger partial charge in [0.1, 0.15) is 30.3 Å². The summed E-state index contributed by atoms with van der Waals surface area (Å²) in [6.45, 7) is 4.48. The van der Waals surface area contributed by atoms with Gasteiger partial charge in [-0.1, -0.05) is 56.5 Å². The predicted molar refractivity (Wildman–Crippen MR) is 194 cm³/mol. The Kier molecular flexibility index (Phi) is 13.1. The second-order valence-electron chi connectivity index (χ2n) is 13.8. The van der Waals surface area contributed by atoms with Crippen LogP contribution in [0.1, 0.15) is 84.0 Å². The zero-order chi connectivity index (χ0) is 33.9. The minimum absolute atomic E-state index is 0.0804. The highest BCUT2D eigenvalue weighted by Gasteiger charge is 2.39. The first kappa shape index (κ1) is 36.1. The number of nitrogens with zero attached hydrogens (tertiary/aromatic N) is 3. The highest BCUT2D eigenvalue weighted by Crippen LogP contribution is 2.40. The molecule has 4 N–H and O–H groups in total. The Morgan fingerprint density at radius 1 is 1.04 bits per heavy atom. The van der Waals surface area contributed by atoms with E-state index in [1.807, 2.05) is 45.3 Å². The van der Waals surface area contributed by atoms with Gasteiger partial charge in [0.2, 0.25) is 5.91 Å². The third-order valence-electron chi connectivity index (χ3n) is 9.70. The molecule has 1 amide bonds. The van der Waals surface area contributed by atoms with Crippen molar-refractivity contribution in [3.63, 3.8) is 0 Å². The van der Waals surface area contributed by atoms with Gasteiger partial charge in [-0.05, 0) is 76.9 Å². The van der Waals surface area contributed by atoms with Crippen molar-refractivity contribution in [2.45, 2.75) is 96.1 Å². The molecule has 1 aliphatic carbocycles. The molecule has 1 aromatic heterocycles. The molecule has 2 heterocycles. The second-order valence-corrected chi connectivity index (χ2v) is 14.2. The summed E-state index contributed by atoms with van der Waals surface area (Å²) in [7, 11) is 3.98. The predicted octanol–water partition coefficient (Wildman–Crippen LogP) is 7.32. The van der Waals surface area contributed by atoms with Gasteiger partial charge in [-0.2, -0.15) is 0 Å². The summed E-state index contributed by atoms with van der Waals surface area (Å²) in [5, 5.41) is 22.3. The standard InChI is InChI=1S/C37H53ClN6O4/c1-4-47-34-21-30-27(20-31(34)42-35(46)13-12-18-44(2)3)36(41-25-40-30)43-29-15-14-26(19-28(29)38)48-23-32-33(45)22-37(24-39-32)16-10-8-6-5-7-9-11-17-37/h14-15,19-21,25,32-33,39,45H,4-13,16-18,22-24H2,1-3H3,(H,42,46)(H,40,41,43). The van der Waals surface area contributed by atoms with E-state index in [0.29, 0.717) is 64.3 Å². The Morgan fingerprint density at radius 3 is 2.48 bits per heavy atom. The lowest BCUT2D eigenvalue weighted by atomic mass is 9.70. The van der Waals surface area contributed by atoms with Gasteiger partial charge in [0, 0.05) is 30.5 Å². The van der Waals surface area contributed by atoms with E-state index in [2.05, 4.69) is 30.8 Å². The van der Waals surface area contributed by atoms with E-state index in [-0.39, 0.29) is 17.4 Å². The number of ether oxygens (including phenoxy) is 2. The fourth-order valence-corrected chi connectivity index (χ4v) is 7.24. The maximum Gasteiger partial charge on any atom is 0.224 e. The lowest BCUT2D eigenvalue weighted by molar-refractivity contribution is -0.116. The lowest BCUT2D eigenvalue weighted by Crippen LogP contribution is -2.56. The highest BCUT2D eigenvalue weighted by molar-refractivity contribution is 6.33. The van der Waals surface area contributed by atoms with Crippen molar-refractivity contribution in [3.8, 4) is 11.5 Å². The molecule has 3 aromatic rings. The first-order valence-corrected chi connectivity index (χ1v) is 18.1. The van der Waals surface area contributed by atoms with Gasteiger partial charge in [0.25, 0.3) is 0 Å². The minimum Gasteiger partial charge on any atom is -0.492 e. The fraction of sp³-hybridized carbons (Fsp3) is 0.595. The number of rotatable bonds is 12. The molecule has 1 saturated heterocycles. The van der Waals surface area contributed by atoms with Gasteiger partial charge in [-0.3, -0.25) is 4.79 Å². The molecular formula is C37H53ClN6O4. The molecule has 11 heteroatoms.